The van der Waals surface area contributed by atoms with Gasteiger partial charge in [0.1, 0.15) is 0 Å². The minimum absolute atomic E-state index is 1.01. The van der Waals surface area contributed by atoms with Crippen molar-refractivity contribution in [2.24, 2.45) is 0 Å². The molecule has 4 heteroatoms. The maximum Gasteiger partial charge on any atom is 0.0261 e. The summed E-state index contributed by atoms with van der Waals surface area (Å²) in [5.41, 5.74) is 0. The van der Waals surface area contributed by atoms with E-state index in [0.29, 0.717) is 0 Å². The van der Waals surface area contributed by atoms with E-state index in [0.717, 1.165) is 10.5 Å². The molecule has 2 rings (SSSR count). The van der Waals surface area contributed by atoms with Crippen molar-refractivity contribution in [1.29, 1.82) is 0 Å². The van der Waals surface area contributed by atoms with E-state index < -0.39 is 0 Å². The molecule has 2 aliphatic heterocycles. The smallest absolute Gasteiger partial charge is 0.0261 e. The zero-order chi connectivity index (χ0) is 6.10. The Morgan fingerprint density at radius 3 is 1.67 bits per heavy atom. The molecule has 2 saturated heterocycles. The van der Waals surface area contributed by atoms with Crippen LogP contribution in [-0.4, -0.2) is 22.0 Å². The first-order valence-corrected chi connectivity index (χ1v) is 7.78. The molecule has 0 spiro atoms. The van der Waals surface area contributed by atoms with E-state index in [1.54, 1.807) is 0 Å². The summed E-state index contributed by atoms with van der Waals surface area (Å²) in [6.45, 7) is 0. The Balaban J connectivity index is 1.64. The van der Waals surface area contributed by atoms with Crippen LogP contribution in [0.15, 0.2) is 0 Å². The van der Waals surface area contributed by atoms with Crippen LogP contribution in [0.1, 0.15) is 6.42 Å². The first kappa shape index (κ1) is 7.07. The molecule has 0 radical (unpaired) electrons. The van der Waals surface area contributed by atoms with Crippen LogP contribution in [-0.2, 0) is 0 Å². The molecule has 0 aromatic heterocycles. The molecule has 2 fully saturated rings. The molecule has 0 aromatic rings. The maximum atomic E-state index is 2.08. The third-order valence-corrected chi connectivity index (χ3v) is 7.74. The van der Waals surface area contributed by atoms with Crippen molar-refractivity contribution < 1.29 is 0 Å². The zero-order valence-electron chi connectivity index (χ0n) is 4.91. The van der Waals surface area contributed by atoms with Crippen LogP contribution >= 0.6 is 43.2 Å². The lowest BCUT2D eigenvalue weighted by molar-refractivity contribution is 0.814. The fraction of sp³-hybridized carbons (Fsp3) is 1.00. The van der Waals surface area contributed by atoms with E-state index in [4.69, 9.17) is 0 Å². The summed E-state index contributed by atoms with van der Waals surface area (Å²) in [4.78, 5) is 0. The molecule has 0 bridgehead atoms. The molecule has 2 aliphatic rings. The standard InChI is InChI=1S/C5H8S4/c1(4-2-6-8-4)5-3-7-9-5/h4-5H,1-3H2. The van der Waals surface area contributed by atoms with Gasteiger partial charge in [0.15, 0.2) is 0 Å². The molecule has 0 saturated carbocycles. The van der Waals surface area contributed by atoms with Gasteiger partial charge in [-0.15, -0.1) is 0 Å². The van der Waals surface area contributed by atoms with Crippen LogP contribution in [0.2, 0.25) is 0 Å². The third-order valence-electron chi connectivity index (χ3n) is 1.44. The second kappa shape index (κ2) is 3.20. The van der Waals surface area contributed by atoms with E-state index >= 15 is 0 Å². The Bertz CT molecular complexity index is 85.1. The highest BCUT2D eigenvalue weighted by atomic mass is 33.1. The van der Waals surface area contributed by atoms with Crippen molar-refractivity contribution in [3.63, 3.8) is 0 Å². The van der Waals surface area contributed by atoms with E-state index in [2.05, 4.69) is 21.6 Å². The minimum atomic E-state index is 1.01. The quantitative estimate of drug-likeness (QED) is 0.623. The largest absolute Gasteiger partial charge is 0.0927 e. The Hall–Kier alpha value is 1.40. The highest BCUT2D eigenvalue weighted by molar-refractivity contribution is 8.80. The molecule has 2 unspecified atom stereocenters. The number of hydrogen-bond acceptors (Lipinski definition) is 4. The fourth-order valence-electron chi connectivity index (χ4n) is 0.836. The summed E-state index contributed by atoms with van der Waals surface area (Å²) in [6, 6.07) is 0. The van der Waals surface area contributed by atoms with Gasteiger partial charge in [0.05, 0.1) is 0 Å². The van der Waals surface area contributed by atoms with E-state index in [1.807, 2.05) is 21.6 Å². The summed E-state index contributed by atoms with van der Waals surface area (Å²) in [5, 5.41) is 2.02. The van der Waals surface area contributed by atoms with Crippen LogP contribution in [0.4, 0.5) is 0 Å². The van der Waals surface area contributed by atoms with Crippen molar-refractivity contribution in [3.8, 4) is 0 Å². The first-order valence-electron chi connectivity index (χ1n) is 3.02. The Kier molecular flexibility index (Phi) is 2.51. The lowest BCUT2D eigenvalue weighted by atomic mass is 10.2. The highest BCUT2D eigenvalue weighted by Gasteiger charge is 2.27. The van der Waals surface area contributed by atoms with Gasteiger partial charge < -0.3 is 0 Å². The molecule has 9 heavy (non-hydrogen) atoms. The average Bonchev–Trinajstić information content (AvgIpc) is 1.57. The van der Waals surface area contributed by atoms with E-state index in [9.17, 15) is 0 Å². The Labute approximate surface area is 71.5 Å². The van der Waals surface area contributed by atoms with Gasteiger partial charge in [-0.1, -0.05) is 43.2 Å². The molecule has 0 amide bonds. The predicted molar refractivity (Wildman–Crippen MR) is 52.3 cm³/mol. The summed E-state index contributed by atoms with van der Waals surface area (Å²) < 4.78 is 0. The SMILES string of the molecule is C1SSC1CC1CSS1. The van der Waals surface area contributed by atoms with Gasteiger partial charge in [0.2, 0.25) is 0 Å². The molecular formula is C5H8S4. The average molecular weight is 196 g/mol. The maximum absolute atomic E-state index is 2.08. The highest BCUT2D eigenvalue weighted by Crippen LogP contribution is 2.49. The molecule has 0 N–H and O–H groups in total. The molecule has 2 atom stereocenters. The second-order valence-corrected chi connectivity index (χ2v) is 7.67. The van der Waals surface area contributed by atoms with Crippen molar-refractivity contribution in [2.75, 3.05) is 11.5 Å². The lowest BCUT2D eigenvalue weighted by Gasteiger charge is -2.31. The van der Waals surface area contributed by atoms with Crippen LogP contribution < -0.4 is 0 Å². The van der Waals surface area contributed by atoms with Gasteiger partial charge in [-0.05, 0) is 6.42 Å². The van der Waals surface area contributed by atoms with Gasteiger partial charge in [-0.25, -0.2) is 0 Å². The lowest BCUT2D eigenvalue weighted by Crippen LogP contribution is -2.23. The Morgan fingerprint density at radius 2 is 1.44 bits per heavy atom. The Morgan fingerprint density at radius 1 is 1.00 bits per heavy atom. The fourth-order valence-corrected chi connectivity index (χ4v) is 4.95. The van der Waals surface area contributed by atoms with Crippen LogP contribution in [0.25, 0.3) is 0 Å². The zero-order valence-corrected chi connectivity index (χ0v) is 8.18. The van der Waals surface area contributed by atoms with Crippen molar-refractivity contribution >= 4 is 43.2 Å². The van der Waals surface area contributed by atoms with Gasteiger partial charge in [0.25, 0.3) is 0 Å². The monoisotopic (exact) mass is 196 g/mol. The van der Waals surface area contributed by atoms with Crippen LogP contribution in [0.3, 0.4) is 0 Å². The van der Waals surface area contributed by atoms with Crippen molar-refractivity contribution in [2.45, 2.75) is 16.9 Å². The van der Waals surface area contributed by atoms with Gasteiger partial charge in [-0.3, -0.25) is 0 Å². The summed E-state index contributed by atoms with van der Waals surface area (Å²) >= 11 is 0. The third kappa shape index (κ3) is 1.70. The van der Waals surface area contributed by atoms with E-state index in [-0.39, 0.29) is 0 Å². The summed E-state index contributed by atoms with van der Waals surface area (Å²) in [7, 11) is 8.20. The normalized spacial score (nSPS) is 41.3. The number of rotatable bonds is 2. The molecular weight excluding hydrogens is 188 g/mol. The van der Waals surface area contributed by atoms with Crippen LogP contribution in [0, 0.1) is 0 Å². The van der Waals surface area contributed by atoms with Gasteiger partial charge >= 0.3 is 0 Å². The van der Waals surface area contributed by atoms with Gasteiger partial charge in [-0.2, -0.15) is 0 Å². The summed E-state index contributed by atoms with van der Waals surface area (Å²) in [5.74, 6) is 2.82. The van der Waals surface area contributed by atoms with Crippen molar-refractivity contribution in [1.82, 2.24) is 0 Å². The molecule has 52 valence electrons. The van der Waals surface area contributed by atoms with Crippen LogP contribution in [0.5, 0.6) is 0 Å². The minimum Gasteiger partial charge on any atom is -0.0927 e. The van der Waals surface area contributed by atoms with Crippen molar-refractivity contribution in [3.05, 3.63) is 0 Å². The predicted octanol–water partition coefficient (Wildman–Crippen LogP) is 2.90. The van der Waals surface area contributed by atoms with E-state index in [1.165, 1.54) is 17.9 Å². The second-order valence-electron chi connectivity index (χ2n) is 2.24. The molecule has 0 aliphatic carbocycles. The molecule has 2 heterocycles. The molecule has 0 nitrogen and oxygen atoms in total. The summed E-state index contributed by atoms with van der Waals surface area (Å²) in [6.07, 6.45) is 1.47. The molecule has 0 aromatic carbocycles. The first-order chi connectivity index (χ1) is 4.45. The van der Waals surface area contributed by atoms with Gasteiger partial charge in [0, 0.05) is 22.0 Å². The topological polar surface area (TPSA) is 0 Å². The number of hydrogen-bond donors (Lipinski definition) is 0.